The van der Waals surface area contributed by atoms with Gasteiger partial charge >= 0.3 is 0 Å². The molecule has 1 amide bonds. The summed E-state index contributed by atoms with van der Waals surface area (Å²) in [5.41, 5.74) is 1.27. The molecule has 100 valence electrons. The number of carbonyl (C=O) groups excluding carboxylic acids is 1. The van der Waals surface area contributed by atoms with E-state index in [1.54, 1.807) is 11.3 Å². The average molecular weight is 273 g/mol. The molecule has 1 N–H and O–H groups in total. The van der Waals surface area contributed by atoms with Crippen LogP contribution in [0.2, 0.25) is 0 Å². The smallest absolute Gasteiger partial charge is 0.220 e. The Morgan fingerprint density at radius 1 is 1.05 bits per heavy atom. The lowest BCUT2D eigenvalue weighted by Crippen LogP contribution is -2.25. The molecule has 0 spiro atoms. The lowest BCUT2D eigenvalue weighted by molar-refractivity contribution is -0.121. The highest BCUT2D eigenvalue weighted by molar-refractivity contribution is 7.09. The van der Waals surface area contributed by atoms with Gasteiger partial charge in [-0.2, -0.15) is 0 Å². The van der Waals surface area contributed by atoms with Crippen LogP contribution in [0.25, 0.3) is 0 Å². The summed E-state index contributed by atoms with van der Waals surface area (Å²) in [7, 11) is 0. The SMILES string of the molecule is O=C(CCCc1cccs1)NCCc1ccccc1. The molecule has 0 fully saturated rings. The molecule has 19 heavy (non-hydrogen) atoms. The quantitative estimate of drug-likeness (QED) is 0.822. The molecule has 2 nitrogen and oxygen atoms in total. The number of nitrogens with one attached hydrogen (secondary N) is 1. The zero-order valence-electron chi connectivity index (χ0n) is 11.0. The van der Waals surface area contributed by atoms with Gasteiger partial charge in [0.05, 0.1) is 0 Å². The highest BCUT2D eigenvalue weighted by atomic mass is 32.1. The van der Waals surface area contributed by atoms with Crippen molar-refractivity contribution in [1.82, 2.24) is 5.32 Å². The van der Waals surface area contributed by atoms with E-state index in [4.69, 9.17) is 0 Å². The zero-order chi connectivity index (χ0) is 13.3. The fourth-order valence-corrected chi connectivity index (χ4v) is 2.71. The lowest BCUT2D eigenvalue weighted by atomic mass is 10.1. The van der Waals surface area contributed by atoms with Crippen LogP contribution in [0.4, 0.5) is 0 Å². The number of carbonyl (C=O) groups is 1. The zero-order valence-corrected chi connectivity index (χ0v) is 11.8. The largest absolute Gasteiger partial charge is 0.356 e. The normalized spacial score (nSPS) is 10.3. The molecule has 0 atom stereocenters. The first-order valence-electron chi connectivity index (χ1n) is 6.67. The fourth-order valence-electron chi connectivity index (χ4n) is 1.96. The van der Waals surface area contributed by atoms with Gasteiger partial charge in [0.15, 0.2) is 0 Å². The predicted molar refractivity (Wildman–Crippen MR) is 80.4 cm³/mol. The van der Waals surface area contributed by atoms with Crippen LogP contribution in [-0.2, 0) is 17.6 Å². The predicted octanol–water partition coefficient (Wildman–Crippen LogP) is 3.43. The maximum atomic E-state index is 11.7. The number of hydrogen-bond donors (Lipinski definition) is 1. The monoisotopic (exact) mass is 273 g/mol. The van der Waals surface area contributed by atoms with Crippen molar-refractivity contribution in [3.05, 3.63) is 58.3 Å². The van der Waals surface area contributed by atoms with Gasteiger partial charge in [-0.1, -0.05) is 36.4 Å². The second-order valence-electron chi connectivity index (χ2n) is 4.52. The van der Waals surface area contributed by atoms with Crippen LogP contribution < -0.4 is 5.32 Å². The van der Waals surface area contributed by atoms with E-state index in [0.717, 1.165) is 25.8 Å². The van der Waals surface area contributed by atoms with Crippen LogP contribution >= 0.6 is 11.3 Å². The number of benzene rings is 1. The van der Waals surface area contributed by atoms with Crippen LogP contribution in [0.15, 0.2) is 47.8 Å². The third kappa shape index (κ3) is 5.26. The molecule has 0 aliphatic heterocycles. The van der Waals surface area contributed by atoms with E-state index < -0.39 is 0 Å². The second-order valence-corrected chi connectivity index (χ2v) is 5.55. The fraction of sp³-hybridized carbons (Fsp3) is 0.312. The molecular weight excluding hydrogens is 254 g/mol. The Morgan fingerprint density at radius 2 is 1.89 bits per heavy atom. The van der Waals surface area contributed by atoms with Crippen LogP contribution in [0, 0.1) is 0 Å². The molecule has 0 unspecified atom stereocenters. The average Bonchev–Trinajstić information content (AvgIpc) is 2.93. The highest BCUT2D eigenvalue weighted by Crippen LogP contribution is 2.11. The van der Waals surface area contributed by atoms with Gasteiger partial charge in [0.1, 0.15) is 0 Å². The Kier molecular flexibility index (Phi) is 5.63. The van der Waals surface area contributed by atoms with Gasteiger partial charge in [-0.3, -0.25) is 4.79 Å². The minimum Gasteiger partial charge on any atom is -0.356 e. The van der Waals surface area contributed by atoms with Crippen LogP contribution in [0.3, 0.4) is 0 Å². The van der Waals surface area contributed by atoms with Crippen molar-refractivity contribution in [1.29, 1.82) is 0 Å². The molecule has 0 radical (unpaired) electrons. The van der Waals surface area contributed by atoms with E-state index in [0.29, 0.717) is 6.42 Å². The van der Waals surface area contributed by atoms with E-state index in [1.807, 2.05) is 18.2 Å². The van der Waals surface area contributed by atoms with Gasteiger partial charge in [0.2, 0.25) is 5.91 Å². The second kappa shape index (κ2) is 7.74. The number of rotatable bonds is 7. The Labute approximate surface area is 118 Å². The molecule has 1 aromatic heterocycles. The maximum Gasteiger partial charge on any atom is 0.220 e. The van der Waals surface area contributed by atoms with Crippen LogP contribution in [0.1, 0.15) is 23.3 Å². The van der Waals surface area contributed by atoms with E-state index >= 15 is 0 Å². The first-order chi connectivity index (χ1) is 9.34. The van der Waals surface area contributed by atoms with Crippen molar-refractivity contribution in [2.24, 2.45) is 0 Å². The minimum absolute atomic E-state index is 0.160. The highest BCUT2D eigenvalue weighted by Gasteiger charge is 2.01. The van der Waals surface area contributed by atoms with E-state index in [9.17, 15) is 4.79 Å². The summed E-state index contributed by atoms with van der Waals surface area (Å²) in [6.45, 7) is 0.724. The van der Waals surface area contributed by atoms with Crippen LogP contribution in [-0.4, -0.2) is 12.5 Å². The van der Waals surface area contributed by atoms with Crippen molar-refractivity contribution in [2.75, 3.05) is 6.54 Å². The molecule has 2 aromatic rings. The van der Waals surface area contributed by atoms with Crippen molar-refractivity contribution in [3.8, 4) is 0 Å². The van der Waals surface area contributed by atoms with Crippen molar-refractivity contribution in [2.45, 2.75) is 25.7 Å². The van der Waals surface area contributed by atoms with Crippen molar-refractivity contribution < 1.29 is 4.79 Å². The van der Waals surface area contributed by atoms with Crippen LogP contribution in [0.5, 0.6) is 0 Å². The number of aryl methyl sites for hydroxylation is 1. The van der Waals surface area contributed by atoms with Gasteiger partial charge in [-0.05, 0) is 36.3 Å². The molecule has 1 heterocycles. The van der Waals surface area contributed by atoms with Crippen molar-refractivity contribution >= 4 is 17.2 Å². The Bertz CT molecular complexity index is 479. The Balaban J connectivity index is 1.57. The van der Waals surface area contributed by atoms with Crippen molar-refractivity contribution in [3.63, 3.8) is 0 Å². The summed E-state index contributed by atoms with van der Waals surface area (Å²) >= 11 is 1.76. The molecule has 0 aliphatic carbocycles. The van der Waals surface area contributed by atoms with Gasteiger partial charge in [0, 0.05) is 17.8 Å². The Hall–Kier alpha value is -1.61. The molecule has 2 rings (SSSR count). The Morgan fingerprint density at radius 3 is 2.63 bits per heavy atom. The summed E-state index contributed by atoms with van der Waals surface area (Å²) in [6, 6.07) is 14.4. The molecule has 0 aliphatic rings. The van der Waals surface area contributed by atoms with Gasteiger partial charge in [0.25, 0.3) is 0 Å². The third-order valence-electron chi connectivity index (χ3n) is 2.99. The van der Waals surface area contributed by atoms with Gasteiger partial charge < -0.3 is 5.32 Å². The van der Waals surface area contributed by atoms with E-state index in [-0.39, 0.29) is 5.91 Å². The first-order valence-corrected chi connectivity index (χ1v) is 7.55. The van der Waals surface area contributed by atoms with E-state index in [1.165, 1.54) is 10.4 Å². The molecule has 0 saturated carbocycles. The van der Waals surface area contributed by atoms with Gasteiger partial charge in [-0.15, -0.1) is 11.3 Å². The summed E-state index contributed by atoms with van der Waals surface area (Å²) in [4.78, 5) is 13.0. The minimum atomic E-state index is 0.160. The summed E-state index contributed by atoms with van der Waals surface area (Å²) < 4.78 is 0. The molecule has 0 bridgehead atoms. The number of thiophene rings is 1. The summed E-state index contributed by atoms with van der Waals surface area (Å²) in [5.74, 6) is 0.160. The number of amides is 1. The van der Waals surface area contributed by atoms with Gasteiger partial charge in [-0.25, -0.2) is 0 Å². The third-order valence-corrected chi connectivity index (χ3v) is 3.92. The first kappa shape index (κ1) is 13.8. The molecular formula is C16H19NOS. The molecule has 1 aromatic carbocycles. The standard InChI is InChI=1S/C16H19NOS/c18-16(10-4-8-15-9-5-13-19-15)17-12-11-14-6-2-1-3-7-14/h1-3,5-7,9,13H,4,8,10-12H2,(H,17,18). The lowest BCUT2D eigenvalue weighted by Gasteiger charge is -2.05. The van der Waals surface area contributed by atoms with E-state index in [2.05, 4.69) is 35.0 Å². The summed E-state index contributed by atoms with van der Waals surface area (Å²) in [5, 5.41) is 5.05. The molecule has 0 saturated heterocycles. The molecule has 3 heteroatoms. The topological polar surface area (TPSA) is 29.1 Å². The maximum absolute atomic E-state index is 11.7. The number of hydrogen-bond acceptors (Lipinski definition) is 2. The summed E-state index contributed by atoms with van der Waals surface area (Å²) in [6.07, 6.45) is 3.45.